The van der Waals surface area contributed by atoms with Crippen LogP contribution in [0.15, 0.2) is 24.3 Å². The standard InChI is InChI=1S/C14H16O2/c1-2-4-10-6-12-11(5-9(10)3-1)7-14-15-8-13(12)16-14/h1-4,11-14H,5-8H2/t11-,12-,13-,14+/m1/s1. The van der Waals surface area contributed by atoms with Gasteiger partial charge in [-0.05, 0) is 35.8 Å². The first-order chi connectivity index (χ1) is 7.90. The van der Waals surface area contributed by atoms with Crippen LogP contribution in [0.5, 0.6) is 0 Å². The average Bonchev–Trinajstić information content (AvgIpc) is 2.71. The predicted molar refractivity (Wildman–Crippen MR) is 60.1 cm³/mol. The van der Waals surface area contributed by atoms with Crippen molar-refractivity contribution in [2.45, 2.75) is 31.7 Å². The van der Waals surface area contributed by atoms with E-state index < -0.39 is 0 Å². The zero-order valence-electron chi connectivity index (χ0n) is 9.26. The van der Waals surface area contributed by atoms with Gasteiger partial charge in [0.15, 0.2) is 6.29 Å². The SMILES string of the molecule is c1ccc2c(c1)C[C@@H]1C[C@H]3OC[C@@H](O3)[C@@H]1C2. The highest BCUT2D eigenvalue weighted by molar-refractivity contribution is 5.31. The largest absolute Gasteiger partial charge is 0.350 e. The van der Waals surface area contributed by atoms with E-state index in [2.05, 4.69) is 24.3 Å². The Hall–Kier alpha value is -0.860. The third-order valence-corrected chi connectivity index (χ3v) is 4.41. The van der Waals surface area contributed by atoms with E-state index in [1.54, 1.807) is 5.56 Å². The van der Waals surface area contributed by atoms with Gasteiger partial charge in [0, 0.05) is 6.42 Å². The molecule has 0 saturated carbocycles. The molecule has 84 valence electrons. The van der Waals surface area contributed by atoms with E-state index in [1.165, 1.54) is 18.4 Å². The van der Waals surface area contributed by atoms with Crippen molar-refractivity contribution in [1.82, 2.24) is 0 Å². The Morgan fingerprint density at radius 2 is 1.88 bits per heavy atom. The minimum Gasteiger partial charge on any atom is -0.350 e. The smallest absolute Gasteiger partial charge is 0.158 e. The van der Waals surface area contributed by atoms with Gasteiger partial charge in [0.05, 0.1) is 12.7 Å². The lowest BCUT2D eigenvalue weighted by atomic mass is 9.71. The summed E-state index contributed by atoms with van der Waals surface area (Å²) in [4.78, 5) is 0. The van der Waals surface area contributed by atoms with Crippen molar-refractivity contribution in [1.29, 1.82) is 0 Å². The molecule has 0 aromatic heterocycles. The molecular formula is C14H16O2. The maximum atomic E-state index is 5.86. The van der Waals surface area contributed by atoms with Crippen molar-refractivity contribution in [2.24, 2.45) is 11.8 Å². The van der Waals surface area contributed by atoms with E-state index >= 15 is 0 Å². The highest BCUT2D eigenvalue weighted by Crippen LogP contribution is 2.43. The summed E-state index contributed by atoms with van der Waals surface area (Å²) in [6.45, 7) is 0.813. The lowest BCUT2D eigenvalue weighted by Gasteiger charge is -2.39. The molecule has 2 saturated heterocycles. The van der Waals surface area contributed by atoms with Crippen LogP contribution in [-0.2, 0) is 22.3 Å². The molecule has 2 aliphatic heterocycles. The summed E-state index contributed by atoms with van der Waals surface area (Å²) in [5.41, 5.74) is 3.07. The Balaban J connectivity index is 1.70. The van der Waals surface area contributed by atoms with Crippen molar-refractivity contribution in [2.75, 3.05) is 6.61 Å². The van der Waals surface area contributed by atoms with Crippen LogP contribution in [0.25, 0.3) is 0 Å². The molecule has 0 N–H and O–H groups in total. The Bertz CT molecular complexity index is 415. The number of rotatable bonds is 0. The van der Waals surface area contributed by atoms with E-state index in [4.69, 9.17) is 9.47 Å². The Morgan fingerprint density at radius 3 is 2.75 bits per heavy atom. The van der Waals surface area contributed by atoms with E-state index in [9.17, 15) is 0 Å². The molecule has 0 spiro atoms. The molecule has 2 fully saturated rings. The lowest BCUT2D eigenvalue weighted by molar-refractivity contribution is -0.121. The molecule has 0 unspecified atom stereocenters. The first-order valence-electron chi connectivity index (χ1n) is 6.24. The summed E-state index contributed by atoms with van der Waals surface area (Å²) in [5, 5.41) is 0. The van der Waals surface area contributed by atoms with Crippen molar-refractivity contribution in [3.8, 4) is 0 Å². The van der Waals surface area contributed by atoms with Gasteiger partial charge in [-0.1, -0.05) is 24.3 Å². The average molecular weight is 216 g/mol. The Morgan fingerprint density at radius 1 is 1.06 bits per heavy atom. The highest BCUT2D eigenvalue weighted by Gasteiger charge is 2.45. The predicted octanol–water partition coefficient (Wildman–Crippen LogP) is 2.16. The second kappa shape index (κ2) is 3.31. The molecule has 1 aromatic rings. The second-order valence-corrected chi connectivity index (χ2v) is 5.27. The first-order valence-corrected chi connectivity index (χ1v) is 6.24. The van der Waals surface area contributed by atoms with Gasteiger partial charge in [0.1, 0.15) is 0 Å². The molecule has 16 heavy (non-hydrogen) atoms. The minimum absolute atomic E-state index is 0.0940. The highest BCUT2D eigenvalue weighted by atomic mass is 16.7. The topological polar surface area (TPSA) is 18.5 Å². The zero-order chi connectivity index (χ0) is 10.5. The quantitative estimate of drug-likeness (QED) is 0.661. The van der Waals surface area contributed by atoms with E-state index in [-0.39, 0.29) is 6.29 Å². The number of ether oxygens (including phenoxy) is 2. The monoisotopic (exact) mass is 216 g/mol. The van der Waals surface area contributed by atoms with Crippen LogP contribution >= 0.6 is 0 Å². The fraction of sp³-hybridized carbons (Fsp3) is 0.571. The molecule has 1 aromatic carbocycles. The van der Waals surface area contributed by atoms with Gasteiger partial charge in [-0.15, -0.1) is 0 Å². The first kappa shape index (κ1) is 9.20. The summed E-state index contributed by atoms with van der Waals surface area (Å²) in [5.74, 6) is 1.47. The molecule has 0 amide bonds. The van der Waals surface area contributed by atoms with E-state index in [0.29, 0.717) is 12.0 Å². The van der Waals surface area contributed by atoms with Gasteiger partial charge in [-0.2, -0.15) is 0 Å². The Labute approximate surface area is 95.6 Å². The summed E-state index contributed by atoms with van der Waals surface area (Å²) in [6, 6.07) is 8.86. The minimum atomic E-state index is 0.0940. The lowest BCUT2D eigenvalue weighted by Crippen LogP contribution is -2.40. The number of benzene rings is 1. The maximum absolute atomic E-state index is 5.86. The molecule has 3 aliphatic rings. The van der Waals surface area contributed by atoms with Crippen molar-refractivity contribution in [3.63, 3.8) is 0 Å². The fourth-order valence-corrected chi connectivity index (χ4v) is 3.57. The molecule has 4 atom stereocenters. The van der Waals surface area contributed by atoms with Gasteiger partial charge >= 0.3 is 0 Å². The van der Waals surface area contributed by atoms with Gasteiger partial charge in [-0.25, -0.2) is 0 Å². The van der Waals surface area contributed by atoms with Crippen LogP contribution in [0.2, 0.25) is 0 Å². The van der Waals surface area contributed by atoms with Gasteiger partial charge < -0.3 is 9.47 Å². The normalized spacial score (nSPS) is 40.2. The van der Waals surface area contributed by atoms with Crippen molar-refractivity contribution >= 4 is 0 Å². The van der Waals surface area contributed by atoms with Crippen LogP contribution in [0.4, 0.5) is 0 Å². The van der Waals surface area contributed by atoms with Crippen LogP contribution < -0.4 is 0 Å². The molecule has 4 rings (SSSR count). The van der Waals surface area contributed by atoms with Gasteiger partial charge in [0.25, 0.3) is 0 Å². The number of hydrogen-bond acceptors (Lipinski definition) is 2. The summed E-state index contributed by atoms with van der Waals surface area (Å²) < 4.78 is 11.5. The molecule has 2 heterocycles. The molecule has 2 nitrogen and oxygen atoms in total. The van der Waals surface area contributed by atoms with Gasteiger partial charge in [-0.3, -0.25) is 0 Å². The second-order valence-electron chi connectivity index (χ2n) is 5.27. The summed E-state index contributed by atoms with van der Waals surface area (Å²) in [7, 11) is 0. The molecular weight excluding hydrogens is 200 g/mol. The van der Waals surface area contributed by atoms with Crippen molar-refractivity contribution < 1.29 is 9.47 Å². The molecule has 2 heteroatoms. The van der Waals surface area contributed by atoms with Crippen LogP contribution in [0.1, 0.15) is 17.5 Å². The molecule has 1 aliphatic carbocycles. The maximum Gasteiger partial charge on any atom is 0.158 e. The van der Waals surface area contributed by atoms with Crippen LogP contribution in [-0.4, -0.2) is 19.0 Å². The third kappa shape index (κ3) is 1.26. The third-order valence-electron chi connectivity index (χ3n) is 4.41. The van der Waals surface area contributed by atoms with Crippen molar-refractivity contribution in [3.05, 3.63) is 35.4 Å². The number of hydrogen-bond donors (Lipinski definition) is 0. The molecule has 2 bridgehead atoms. The number of fused-ring (bicyclic) bond motifs is 5. The van der Waals surface area contributed by atoms with Crippen LogP contribution in [0.3, 0.4) is 0 Å². The van der Waals surface area contributed by atoms with E-state index in [0.717, 1.165) is 18.9 Å². The van der Waals surface area contributed by atoms with Gasteiger partial charge in [0.2, 0.25) is 0 Å². The summed E-state index contributed by atoms with van der Waals surface area (Å²) in [6.07, 6.45) is 3.95. The fourth-order valence-electron chi connectivity index (χ4n) is 3.57. The van der Waals surface area contributed by atoms with Crippen LogP contribution in [0, 0.1) is 11.8 Å². The Kier molecular flexibility index (Phi) is 1.91. The summed E-state index contributed by atoms with van der Waals surface area (Å²) >= 11 is 0. The zero-order valence-corrected chi connectivity index (χ0v) is 9.26. The van der Waals surface area contributed by atoms with E-state index in [1.807, 2.05) is 0 Å². The molecule has 0 radical (unpaired) electrons.